The molecule has 174 valence electrons. The Balaban J connectivity index is 1.22. The van der Waals surface area contributed by atoms with Crippen molar-refractivity contribution in [2.24, 2.45) is 0 Å². The van der Waals surface area contributed by atoms with Crippen LogP contribution in [0.2, 0.25) is 5.02 Å². The number of oxazole rings is 1. The zero-order chi connectivity index (χ0) is 23.7. The van der Waals surface area contributed by atoms with Crippen LogP contribution in [0.5, 0.6) is 0 Å². The molecular weight excluding hydrogens is 474 g/mol. The number of fused-ring (bicyclic) bond motifs is 1. The van der Waals surface area contributed by atoms with Crippen molar-refractivity contribution < 1.29 is 17.6 Å². The van der Waals surface area contributed by atoms with Crippen LogP contribution in [-0.2, 0) is 10.0 Å². The number of sulfonamides is 1. The van der Waals surface area contributed by atoms with E-state index in [1.807, 2.05) is 24.3 Å². The lowest BCUT2D eigenvalue weighted by molar-refractivity contribution is 0.0706. The molecule has 1 aliphatic heterocycles. The highest BCUT2D eigenvalue weighted by Gasteiger charge is 2.28. The number of benzene rings is 3. The fourth-order valence-electron chi connectivity index (χ4n) is 4.09. The standard InChI is InChI=1S/C25H22ClN3O4S/c26-19-7-9-20(10-8-19)28-34(31,32)21-11-5-18(6-12-21)25(30)29-15-13-17(14-16-29)24-27-22-3-1-2-4-23(22)33-24/h1-12,17,28H,13-16H2. The first-order valence-electron chi connectivity index (χ1n) is 10.9. The molecular formula is C25H22ClN3O4S. The lowest BCUT2D eigenvalue weighted by atomic mass is 9.96. The Bertz CT molecular complexity index is 1390. The van der Waals surface area contributed by atoms with Crippen molar-refractivity contribution in [1.29, 1.82) is 0 Å². The van der Waals surface area contributed by atoms with E-state index >= 15 is 0 Å². The summed E-state index contributed by atoms with van der Waals surface area (Å²) in [6, 6.07) is 20.0. The third kappa shape index (κ3) is 4.64. The van der Waals surface area contributed by atoms with Crippen molar-refractivity contribution in [1.82, 2.24) is 9.88 Å². The summed E-state index contributed by atoms with van der Waals surface area (Å²) >= 11 is 5.85. The van der Waals surface area contributed by atoms with Gasteiger partial charge >= 0.3 is 0 Å². The average Bonchev–Trinajstić information content (AvgIpc) is 3.29. The molecule has 34 heavy (non-hydrogen) atoms. The summed E-state index contributed by atoms with van der Waals surface area (Å²) in [5.74, 6) is 0.768. The van der Waals surface area contributed by atoms with E-state index in [-0.39, 0.29) is 16.7 Å². The van der Waals surface area contributed by atoms with E-state index in [2.05, 4.69) is 9.71 Å². The Hall–Kier alpha value is -3.36. The molecule has 7 nitrogen and oxygen atoms in total. The molecule has 1 amide bonds. The fourth-order valence-corrected chi connectivity index (χ4v) is 5.27. The lowest BCUT2D eigenvalue weighted by Gasteiger charge is -2.30. The molecule has 0 radical (unpaired) electrons. The van der Waals surface area contributed by atoms with Gasteiger partial charge in [0.2, 0.25) is 0 Å². The van der Waals surface area contributed by atoms with Crippen LogP contribution < -0.4 is 4.72 Å². The van der Waals surface area contributed by atoms with Gasteiger partial charge in [-0.1, -0.05) is 23.7 Å². The van der Waals surface area contributed by atoms with E-state index in [4.69, 9.17) is 16.0 Å². The Morgan fingerprint density at radius 3 is 2.32 bits per heavy atom. The maximum absolute atomic E-state index is 13.0. The molecule has 1 aliphatic rings. The van der Waals surface area contributed by atoms with Crippen molar-refractivity contribution in [3.8, 4) is 0 Å². The van der Waals surface area contributed by atoms with E-state index in [1.54, 1.807) is 41.3 Å². The number of aromatic nitrogens is 1. The minimum atomic E-state index is -3.78. The molecule has 9 heteroatoms. The molecule has 1 aromatic heterocycles. The Morgan fingerprint density at radius 1 is 0.971 bits per heavy atom. The van der Waals surface area contributed by atoms with Gasteiger partial charge in [0, 0.05) is 35.3 Å². The Labute approximate surface area is 202 Å². The molecule has 4 aromatic rings. The van der Waals surface area contributed by atoms with Crippen LogP contribution in [0, 0.1) is 0 Å². The number of piperidine rings is 1. The smallest absolute Gasteiger partial charge is 0.261 e. The molecule has 2 heterocycles. The van der Waals surface area contributed by atoms with Gasteiger partial charge in [0.05, 0.1) is 4.90 Å². The molecule has 1 saturated heterocycles. The molecule has 1 fully saturated rings. The number of rotatable bonds is 5. The maximum Gasteiger partial charge on any atom is 0.261 e. The summed E-state index contributed by atoms with van der Waals surface area (Å²) in [5, 5.41) is 0.517. The van der Waals surface area contributed by atoms with Gasteiger partial charge in [-0.25, -0.2) is 13.4 Å². The molecule has 0 spiro atoms. The second-order valence-corrected chi connectivity index (χ2v) is 10.3. The maximum atomic E-state index is 13.0. The lowest BCUT2D eigenvalue weighted by Crippen LogP contribution is -2.38. The highest BCUT2D eigenvalue weighted by atomic mass is 35.5. The summed E-state index contributed by atoms with van der Waals surface area (Å²) in [6.07, 6.45) is 1.52. The van der Waals surface area contributed by atoms with Crippen molar-refractivity contribution in [3.05, 3.63) is 89.3 Å². The number of nitrogens with one attached hydrogen (secondary N) is 1. The fraction of sp³-hybridized carbons (Fsp3) is 0.200. The first kappa shape index (κ1) is 22.4. The number of para-hydroxylation sites is 2. The van der Waals surface area contributed by atoms with E-state index < -0.39 is 10.0 Å². The second-order valence-electron chi connectivity index (χ2n) is 8.22. The number of amides is 1. The zero-order valence-corrected chi connectivity index (χ0v) is 19.7. The first-order valence-corrected chi connectivity index (χ1v) is 12.8. The van der Waals surface area contributed by atoms with E-state index in [0.717, 1.165) is 29.8 Å². The SMILES string of the molecule is O=C(c1ccc(S(=O)(=O)Nc2ccc(Cl)cc2)cc1)N1CCC(c2nc3ccccc3o2)CC1. The number of nitrogens with zero attached hydrogens (tertiary/aromatic N) is 2. The molecule has 0 saturated carbocycles. The largest absolute Gasteiger partial charge is 0.440 e. The third-order valence-corrected chi connectivity index (χ3v) is 7.60. The van der Waals surface area contributed by atoms with Crippen LogP contribution in [0.1, 0.15) is 35.0 Å². The normalized spacial score (nSPS) is 14.9. The quantitative estimate of drug-likeness (QED) is 0.405. The number of likely N-dealkylation sites (tertiary alicyclic amines) is 1. The molecule has 3 aromatic carbocycles. The highest BCUT2D eigenvalue weighted by molar-refractivity contribution is 7.92. The van der Waals surface area contributed by atoms with Crippen molar-refractivity contribution in [3.63, 3.8) is 0 Å². The number of hydrogen-bond acceptors (Lipinski definition) is 5. The monoisotopic (exact) mass is 495 g/mol. The predicted molar refractivity (Wildman–Crippen MR) is 131 cm³/mol. The second kappa shape index (κ2) is 9.12. The van der Waals surface area contributed by atoms with Crippen LogP contribution in [0.4, 0.5) is 5.69 Å². The minimum Gasteiger partial charge on any atom is -0.440 e. The van der Waals surface area contributed by atoms with Gasteiger partial charge in [0.25, 0.3) is 15.9 Å². The van der Waals surface area contributed by atoms with Crippen LogP contribution in [-0.4, -0.2) is 37.3 Å². The molecule has 0 bridgehead atoms. The number of hydrogen-bond donors (Lipinski definition) is 1. The van der Waals surface area contributed by atoms with Crippen LogP contribution in [0.15, 0.2) is 82.1 Å². The zero-order valence-electron chi connectivity index (χ0n) is 18.1. The number of carbonyl (C=O) groups excluding carboxylic acids is 1. The van der Waals surface area contributed by atoms with Crippen LogP contribution >= 0.6 is 11.6 Å². The molecule has 0 aliphatic carbocycles. The highest BCUT2D eigenvalue weighted by Crippen LogP contribution is 2.30. The predicted octanol–water partition coefficient (Wildman–Crippen LogP) is 5.30. The van der Waals surface area contributed by atoms with E-state index in [1.165, 1.54) is 12.1 Å². The number of halogens is 1. The first-order chi connectivity index (χ1) is 16.4. The molecule has 1 N–H and O–H groups in total. The molecule has 0 atom stereocenters. The summed E-state index contributed by atoms with van der Waals surface area (Å²) in [7, 11) is -3.78. The van der Waals surface area contributed by atoms with Crippen LogP contribution in [0.3, 0.4) is 0 Å². The summed E-state index contributed by atoms with van der Waals surface area (Å²) in [6.45, 7) is 1.17. The van der Waals surface area contributed by atoms with Gasteiger partial charge < -0.3 is 9.32 Å². The van der Waals surface area contributed by atoms with Crippen molar-refractivity contribution in [2.45, 2.75) is 23.7 Å². The Morgan fingerprint density at radius 2 is 1.65 bits per heavy atom. The summed E-state index contributed by atoms with van der Waals surface area (Å²) in [4.78, 5) is 19.4. The van der Waals surface area contributed by atoms with Gasteiger partial charge in [0.1, 0.15) is 5.52 Å². The van der Waals surface area contributed by atoms with Crippen LogP contribution in [0.25, 0.3) is 11.1 Å². The van der Waals surface area contributed by atoms with Gasteiger partial charge in [0.15, 0.2) is 11.5 Å². The molecule has 0 unspecified atom stereocenters. The number of carbonyl (C=O) groups is 1. The minimum absolute atomic E-state index is 0.0775. The van der Waals surface area contributed by atoms with E-state index in [0.29, 0.717) is 29.4 Å². The van der Waals surface area contributed by atoms with E-state index in [9.17, 15) is 13.2 Å². The van der Waals surface area contributed by atoms with Crippen molar-refractivity contribution in [2.75, 3.05) is 17.8 Å². The van der Waals surface area contributed by atoms with Gasteiger partial charge in [-0.05, 0) is 73.5 Å². The van der Waals surface area contributed by atoms with Gasteiger partial charge in [-0.15, -0.1) is 0 Å². The van der Waals surface area contributed by atoms with Gasteiger partial charge in [-0.3, -0.25) is 9.52 Å². The molecule has 5 rings (SSSR count). The summed E-state index contributed by atoms with van der Waals surface area (Å²) < 4.78 is 33.7. The van der Waals surface area contributed by atoms with Gasteiger partial charge in [-0.2, -0.15) is 0 Å². The average molecular weight is 496 g/mol. The summed E-state index contributed by atoms with van der Waals surface area (Å²) in [5.41, 5.74) is 2.48. The van der Waals surface area contributed by atoms with Crippen molar-refractivity contribution >= 4 is 44.3 Å². The topological polar surface area (TPSA) is 92.5 Å². The Kier molecular flexibility index (Phi) is 6.02. The third-order valence-electron chi connectivity index (χ3n) is 5.95. The number of anilines is 1.